The predicted molar refractivity (Wildman–Crippen MR) is 133 cm³/mol. The average Bonchev–Trinajstić information content (AvgIpc) is 3.50. The van der Waals surface area contributed by atoms with E-state index in [4.69, 9.17) is 0 Å². The Balaban J connectivity index is 1.40. The molecule has 3 atom stereocenters. The van der Waals surface area contributed by atoms with Gasteiger partial charge in [-0.2, -0.15) is 18.3 Å². The molecule has 2 amide bonds. The molecule has 10 nitrogen and oxygen atoms in total. The molecule has 0 saturated heterocycles. The van der Waals surface area contributed by atoms with Gasteiger partial charge in [0.25, 0.3) is 5.91 Å². The van der Waals surface area contributed by atoms with Crippen molar-refractivity contribution in [3.8, 4) is 0 Å². The van der Waals surface area contributed by atoms with Crippen LogP contribution >= 0.6 is 0 Å². The number of hydrogen-bond acceptors (Lipinski definition) is 7. The molecule has 0 unspecified atom stereocenters. The Morgan fingerprint density at radius 1 is 1.10 bits per heavy atom. The summed E-state index contributed by atoms with van der Waals surface area (Å²) in [6.07, 6.45) is -1.27. The lowest BCUT2D eigenvalue weighted by molar-refractivity contribution is -0.153. The number of halogens is 5. The monoisotopic (exact) mass is 583 g/mol. The van der Waals surface area contributed by atoms with Gasteiger partial charge in [-0.1, -0.05) is 12.1 Å². The Morgan fingerprint density at radius 2 is 1.78 bits per heavy atom. The second-order valence-corrected chi connectivity index (χ2v) is 11.1. The average molecular weight is 584 g/mol. The van der Waals surface area contributed by atoms with Crippen molar-refractivity contribution in [3.05, 3.63) is 41.1 Å². The first-order valence-corrected chi connectivity index (χ1v) is 13.5. The van der Waals surface area contributed by atoms with Crippen molar-refractivity contribution < 1.29 is 36.2 Å². The fraction of sp³-hybridized carbons (Fsp3) is 0.615. The van der Waals surface area contributed by atoms with E-state index in [2.05, 4.69) is 35.7 Å². The molecule has 2 saturated carbocycles. The molecule has 41 heavy (non-hydrogen) atoms. The maximum absolute atomic E-state index is 13.9. The normalized spacial score (nSPS) is 20.0. The zero-order valence-corrected chi connectivity index (χ0v) is 22.4. The zero-order chi connectivity index (χ0) is 29.5. The lowest BCUT2D eigenvalue weighted by atomic mass is 9.81. The quantitative estimate of drug-likeness (QED) is 0.344. The van der Waals surface area contributed by atoms with Crippen molar-refractivity contribution >= 4 is 17.5 Å². The molecule has 5 rings (SSSR count). The highest BCUT2D eigenvalue weighted by Crippen LogP contribution is 2.43. The van der Waals surface area contributed by atoms with Crippen LogP contribution in [0.2, 0.25) is 0 Å². The number of carbonyl (C=O) groups excluding carboxylic acids is 2. The maximum Gasteiger partial charge on any atom is 0.389 e. The molecule has 0 radical (unpaired) electrons. The number of amides is 2. The summed E-state index contributed by atoms with van der Waals surface area (Å²) in [5.41, 5.74) is 1.61. The molecule has 222 valence electrons. The lowest BCUT2D eigenvalue weighted by Crippen LogP contribution is -2.37. The van der Waals surface area contributed by atoms with Crippen LogP contribution in [0.4, 0.5) is 22.0 Å². The van der Waals surface area contributed by atoms with E-state index in [1.165, 1.54) is 17.6 Å². The first-order valence-electron chi connectivity index (χ1n) is 13.5. The van der Waals surface area contributed by atoms with Crippen LogP contribution in [0.25, 0.3) is 5.65 Å². The molecule has 0 bridgehead atoms. The van der Waals surface area contributed by atoms with E-state index in [-0.39, 0.29) is 48.9 Å². The predicted octanol–water partition coefficient (Wildman–Crippen LogP) is 4.87. The van der Waals surface area contributed by atoms with Gasteiger partial charge < -0.3 is 10.6 Å². The van der Waals surface area contributed by atoms with Crippen molar-refractivity contribution in [2.24, 2.45) is 17.8 Å². The topological polar surface area (TPSA) is 127 Å². The number of hydrogen-bond donors (Lipinski definition) is 2. The van der Waals surface area contributed by atoms with Crippen LogP contribution in [0.15, 0.2) is 23.1 Å². The molecule has 0 aliphatic heterocycles. The van der Waals surface area contributed by atoms with Gasteiger partial charge in [0.15, 0.2) is 11.3 Å². The number of nitrogens with zero attached hydrogens (tertiary/aromatic N) is 5. The van der Waals surface area contributed by atoms with Crippen LogP contribution < -0.4 is 10.6 Å². The molecule has 15 heteroatoms. The zero-order valence-electron chi connectivity index (χ0n) is 22.4. The first-order chi connectivity index (χ1) is 19.3. The third-order valence-electron chi connectivity index (χ3n) is 7.80. The second kappa shape index (κ2) is 11.0. The molecule has 0 aromatic carbocycles. The number of aromatic nitrogens is 5. The second-order valence-electron chi connectivity index (χ2n) is 11.1. The minimum Gasteiger partial charge on any atom is -0.349 e. The molecule has 2 aliphatic rings. The Kier molecular flexibility index (Phi) is 7.72. The number of fused-ring (bicyclic) bond motifs is 1. The smallest absolute Gasteiger partial charge is 0.349 e. The molecule has 0 spiro atoms. The molecule has 3 heterocycles. The number of rotatable bonds is 9. The van der Waals surface area contributed by atoms with Crippen LogP contribution in [-0.2, 0) is 4.79 Å². The molecular formula is C26H30F5N7O3. The fourth-order valence-electron chi connectivity index (χ4n) is 5.34. The van der Waals surface area contributed by atoms with E-state index in [1.807, 2.05) is 0 Å². The van der Waals surface area contributed by atoms with E-state index in [0.717, 1.165) is 12.8 Å². The summed E-state index contributed by atoms with van der Waals surface area (Å²) in [5.74, 6) is -5.57. The summed E-state index contributed by atoms with van der Waals surface area (Å²) in [4.78, 5) is 30.2. The van der Waals surface area contributed by atoms with Crippen LogP contribution in [-0.4, -0.2) is 48.8 Å². The van der Waals surface area contributed by atoms with E-state index in [9.17, 15) is 31.5 Å². The summed E-state index contributed by atoms with van der Waals surface area (Å²) >= 11 is 0. The van der Waals surface area contributed by atoms with E-state index in [0.29, 0.717) is 16.9 Å². The van der Waals surface area contributed by atoms with Crippen molar-refractivity contribution in [1.29, 1.82) is 0 Å². The van der Waals surface area contributed by atoms with Gasteiger partial charge in [0.2, 0.25) is 11.8 Å². The Labute approximate surface area is 231 Å². The van der Waals surface area contributed by atoms with Gasteiger partial charge in [0.05, 0.1) is 36.6 Å². The minimum atomic E-state index is -4.46. The lowest BCUT2D eigenvalue weighted by Gasteiger charge is -2.33. The third kappa shape index (κ3) is 6.81. The maximum atomic E-state index is 13.9. The molecule has 2 fully saturated rings. The number of imidazole rings is 1. The summed E-state index contributed by atoms with van der Waals surface area (Å²) in [6.45, 7) is 2.79. The standard InChI is InChI=1S/C26H30F5N7O3/c1-13(10-26(29,30)31)23(39)34-21(15-3-4-15)17-9-19-33-18(12-38(19)32-11-17)22(16-5-7-25(27,28)8-6-16)35-24(40)20-14(2)36-41-37-20/h9,11-13,15-16,21-22H,3-8,10H2,1-2H3,(H,34,39)(H,35,40)/t13-,21+,22-/m0/s1. The van der Waals surface area contributed by atoms with Crippen molar-refractivity contribution in [2.45, 2.75) is 83.0 Å². The minimum absolute atomic E-state index is 0.0249. The summed E-state index contributed by atoms with van der Waals surface area (Å²) in [6, 6.07) is 0.421. The Bertz CT molecular complexity index is 1410. The third-order valence-corrected chi connectivity index (χ3v) is 7.80. The van der Waals surface area contributed by atoms with Crippen LogP contribution in [0, 0.1) is 24.7 Å². The molecule has 2 N–H and O–H groups in total. The van der Waals surface area contributed by atoms with Crippen LogP contribution in [0.1, 0.15) is 91.4 Å². The van der Waals surface area contributed by atoms with Gasteiger partial charge in [-0.25, -0.2) is 22.9 Å². The number of aryl methyl sites for hydroxylation is 1. The highest BCUT2D eigenvalue weighted by atomic mass is 19.4. The molecule has 3 aromatic rings. The SMILES string of the molecule is Cc1nonc1C(=O)N[C@H](c1cn2ncc([C@H](NC(=O)[C@@H](C)CC(F)(F)F)C3CC3)cc2n1)C1CCC(F)(F)CC1. The molecular weight excluding hydrogens is 553 g/mol. The number of alkyl halides is 5. The van der Waals surface area contributed by atoms with E-state index >= 15 is 0 Å². The number of nitrogens with one attached hydrogen (secondary N) is 2. The van der Waals surface area contributed by atoms with Gasteiger partial charge in [0, 0.05) is 18.8 Å². The Hall–Kier alpha value is -3.65. The molecule has 3 aromatic heterocycles. The number of carbonyl (C=O) groups is 2. The molecule has 2 aliphatic carbocycles. The van der Waals surface area contributed by atoms with Crippen LogP contribution in [0.3, 0.4) is 0 Å². The van der Waals surface area contributed by atoms with Gasteiger partial charge in [-0.05, 0) is 61.2 Å². The van der Waals surface area contributed by atoms with Crippen molar-refractivity contribution in [3.63, 3.8) is 0 Å². The van der Waals surface area contributed by atoms with Gasteiger partial charge in [0.1, 0.15) is 5.69 Å². The van der Waals surface area contributed by atoms with Gasteiger partial charge in [-0.3, -0.25) is 9.59 Å². The highest BCUT2D eigenvalue weighted by Gasteiger charge is 2.40. The highest BCUT2D eigenvalue weighted by molar-refractivity contribution is 5.93. The summed E-state index contributed by atoms with van der Waals surface area (Å²) < 4.78 is 72.4. The Morgan fingerprint density at radius 3 is 2.39 bits per heavy atom. The van der Waals surface area contributed by atoms with E-state index < -0.39 is 48.3 Å². The summed E-state index contributed by atoms with van der Waals surface area (Å²) in [7, 11) is 0. The van der Waals surface area contributed by atoms with E-state index in [1.54, 1.807) is 19.2 Å². The largest absolute Gasteiger partial charge is 0.389 e. The van der Waals surface area contributed by atoms with Crippen molar-refractivity contribution in [2.75, 3.05) is 0 Å². The first kappa shape index (κ1) is 28.9. The fourth-order valence-corrected chi connectivity index (χ4v) is 5.34. The van der Waals surface area contributed by atoms with Crippen LogP contribution in [0.5, 0.6) is 0 Å². The van der Waals surface area contributed by atoms with Gasteiger partial charge >= 0.3 is 6.18 Å². The summed E-state index contributed by atoms with van der Waals surface area (Å²) in [5, 5.41) is 17.2. The van der Waals surface area contributed by atoms with Crippen molar-refractivity contribution in [1.82, 2.24) is 35.5 Å². The van der Waals surface area contributed by atoms with Gasteiger partial charge in [-0.15, -0.1) is 0 Å².